The van der Waals surface area contributed by atoms with Crippen molar-refractivity contribution in [2.45, 2.75) is 0 Å². The van der Waals surface area contributed by atoms with Crippen molar-refractivity contribution in [2.24, 2.45) is 0 Å². The molecule has 0 aliphatic heterocycles. The molecule has 0 aliphatic carbocycles. The Bertz CT molecular complexity index is 199. The molecule has 0 bridgehead atoms. The van der Waals surface area contributed by atoms with E-state index in [-0.39, 0.29) is 0 Å². The van der Waals surface area contributed by atoms with Gasteiger partial charge in [0.1, 0.15) is 0 Å². The molecule has 1 aromatic rings. The maximum atomic E-state index is 5.43. The molecule has 30 valence electrons. The predicted octanol–water partition coefficient (Wildman–Crippen LogP) is -3.92. The predicted molar refractivity (Wildman–Crippen MR) is 46.6 cm³/mol. The average Bonchev–Trinajstić information content (AvgIpc) is 1.83. The summed E-state index contributed by atoms with van der Waals surface area (Å²) in [6.07, 6.45) is 0. The van der Waals surface area contributed by atoms with Gasteiger partial charge >= 0.3 is 60.0 Å². The molecule has 0 N–H and O–H groups in total. The van der Waals surface area contributed by atoms with Crippen LogP contribution < -0.4 is 16.2 Å². The van der Waals surface area contributed by atoms with Crippen molar-refractivity contribution < 1.29 is 0 Å². The summed E-state index contributed by atoms with van der Waals surface area (Å²) in [5.74, 6) is 0. The van der Waals surface area contributed by atoms with Gasteiger partial charge in [0.25, 0.3) is 0 Å². The third-order valence-electron chi connectivity index (χ3n) is 1.17. The Morgan fingerprint density at radius 2 is 1.33 bits per heavy atom. The number of hydrogen-bond donors (Lipinski definition) is 0. The first kappa shape index (κ1) is 7.11. The Hall–Kier alpha value is -0.000390. The van der Waals surface area contributed by atoms with Gasteiger partial charge < -0.3 is 0 Å². The molecule has 0 nitrogen and oxygen atoms in total. The van der Waals surface area contributed by atoms with Crippen LogP contribution in [0, 0.1) is 0 Å². The van der Waals surface area contributed by atoms with E-state index in [0.29, 0.717) is 16.2 Å². The topological polar surface area (TPSA) is 0 Å². The summed E-state index contributed by atoms with van der Waals surface area (Å²) in [5, 5.41) is 1.07. The van der Waals surface area contributed by atoms with E-state index in [4.69, 9.17) is 23.5 Å². The molecule has 0 saturated carbocycles. The molecule has 0 atom stereocenters. The second-order valence-electron chi connectivity index (χ2n) is 1.85. The fraction of sp³-hybridized carbons (Fsp3) is 0. The van der Waals surface area contributed by atoms with Gasteiger partial charge in [0.15, 0.2) is 0 Å². The SMILES string of the molecule is [B]c1bbbc([B])c1[B]. The first-order valence-corrected chi connectivity index (χ1v) is 2.61. The first-order chi connectivity index (χ1) is 4.22. The summed E-state index contributed by atoms with van der Waals surface area (Å²) in [6.45, 7) is 5.19. The molecule has 1 aromatic heterocycles. The van der Waals surface area contributed by atoms with Gasteiger partial charge in [-0.2, -0.15) is 0 Å². The van der Waals surface area contributed by atoms with Gasteiger partial charge in [-0.05, 0) is 0 Å². The molecule has 0 fully saturated rings. The van der Waals surface area contributed by atoms with Gasteiger partial charge in [0.2, 0.25) is 0 Å². The molecule has 1 heterocycles. The number of hydrogen-bond acceptors (Lipinski definition) is 0. The molecule has 0 aromatic carbocycles. The standard InChI is InChI=1S/C3B6/c4-1-2(5)7-9-8-3(1)6. The molecule has 0 spiro atoms. The summed E-state index contributed by atoms with van der Waals surface area (Å²) < 4.78 is 0. The van der Waals surface area contributed by atoms with Crippen LogP contribution in [0.5, 0.6) is 0 Å². The zero-order chi connectivity index (χ0) is 6.85. The van der Waals surface area contributed by atoms with Crippen molar-refractivity contribution in [3.63, 3.8) is 0 Å². The monoisotopic (exact) mass is 102 g/mol. The van der Waals surface area contributed by atoms with Crippen molar-refractivity contribution in [1.29, 1.82) is 0 Å². The molecular weight excluding hydrogens is 101 g/mol. The molecule has 1 rings (SSSR count). The van der Waals surface area contributed by atoms with E-state index in [2.05, 4.69) is 0 Å². The maximum absolute atomic E-state index is 5.43. The molecule has 0 amide bonds. The van der Waals surface area contributed by atoms with Gasteiger partial charge in [0, 0.05) is 0 Å². The van der Waals surface area contributed by atoms with Crippen LogP contribution in [-0.4, -0.2) is 43.8 Å². The van der Waals surface area contributed by atoms with Crippen LogP contribution in [0.1, 0.15) is 0 Å². The van der Waals surface area contributed by atoms with Gasteiger partial charge in [-0.1, -0.05) is 0 Å². The Balaban J connectivity index is 3.25. The second-order valence-corrected chi connectivity index (χ2v) is 1.85. The third kappa shape index (κ3) is 1.47. The van der Waals surface area contributed by atoms with Gasteiger partial charge in [-0.15, -0.1) is 0 Å². The van der Waals surface area contributed by atoms with E-state index >= 15 is 0 Å². The third-order valence-corrected chi connectivity index (χ3v) is 1.17. The van der Waals surface area contributed by atoms with Gasteiger partial charge in [-0.3, -0.25) is 0 Å². The van der Waals surface area contributed by atoms with Crippen LogP contribution in [0.25, 0.3) is 0 Å². The Morgan fingerprint density at radius 1 is 0.889 bits per heavy atom. The minimum atomic E-state index is 0.470. The van der Waals surface area contributed by atoms with E-state index in [0.717, 1.165) is 0 Å². The van der Waals surface area contributed by atoms with Crippen molar-refractivity contribution >= 4 is 60.0 Å². The van der Waals surface area contributed by atoms with Crippen LogP contribution in [0.4, 0.5) is 0 Å². The van der Waals surface area contributed by atoms with Crippen molar-refractivity contribution in [1.82, 2.24) is 0 Å². The zero-order valence-electron chi connectivity index (χ0n) is 4.96. The summed E-state index contributed by atoms with van der Waals surface area (Å²) in [4.78, 5) is 0. The fourth-order valence-corrected chi connectivity index (χ4v) is 0.602. The van der Waals surface area contributed by atoms with Crippen LogP contribution >= 0.6 is 0 Å². The fourth-order valence-electron chi connectivity index (χ4n) is 0.602. The minimum absolute atomic E-state index is 0.470. The van der Waals surface area contributed by atoms with Crippen molar-refractivity contribution in [3.05, 3.63) is 0 Å². The van der Waals surface area contributed by atoms with E-state index in [1.54, 1.807) is 20.3 Å². The van der Waals surface area contributed by atoms with Crippen LogP contribution in [-0.2, 0) is 0 Å². The van der Waals surface area contributed by atoms with Gasteiger partial charge in [-0.25, -0.2) is 0 Å². The van der Waals surface area contributed by atoms with Crippen molar-refractivity contribution in [3.8, 4) is 0 Å². The molecular formula is C3B6. The summed E-state index contributed by atoms with van der Waals surface area (Å²) in [6, 6.07) is 0. The quantitative estimate of drug-likeness (QED) is 0.293. The molecule has 6 heteroatoms. The normalized spacial score (nSPS) is 8.00. The second kappa shape index (κ2) is 2.72. The van der Waals surface area contributed by atoms with E-state index in [1.165, 1.54) is 0 Å². The zero-order valence-corrected chi connectivity index (χ0v) is 4.96. The van der Waals surface area contributed by atoms with Gasteiger partial charge in [0.05, 0.1) is 0 Å². The number of rotatable bonds is 0. The summed E-state index contributed by atoms with van der Waals surface area (Å²) >= 11 is 0. The van der Waals surface area contributed by atoms with Crippen LogP contribution in [0.15, 0.2) is 0 Å². The average molecular weight is 101 g/mol. The Morgan fingerprint density at radius 3 is 1.67 bits per heavy atom. The van der Waals surface area contributed by atoms with Crippen LogP contribution in [0.3, 0.4) is 0 Å². The van der Waals surface area contributed by atoms with E-state index in [1.807, 2.05) is 0 Å². The van der Waals surface area contributed by atoms with Crippen LogP contribution in [0.2, 0.25) is 0 Å². The molecule has 0 aliphatic rings. The molecule has 6 radical (unpaired) electrons. The van der Waals surface area contributed by atoms with E-state index in [9.17, 15) is 0 Å². The first-order valence-electron chi connectivity index (χ1n) is 2.61. The molecule has 0 saturated heterocycles. The Kier molecular flexibility index (Phi) is 2.15. The Labute approximate surface area is 60.6 Å². The summed E-state index contributed by atoms with van der Waals surface area (Å²) in [7, 11) is 16.3. The van der Waals surface area contributed by atoms with E-state index < -0.39 is 0 Å². The molecule has 0 unspecified atom stereocenters. The summed E-state index contributed by atoms with van der Waals surface area (Å²) in [5.41, 5.74) is 0.470. The molecule has 9 heavy (non-hydrogen) atoms. The van der Waals surface area contributed by atoms with Crippen molar-refractivity contribution in [2.75, 3.05) is 0 Å².